The SMILES string of the molecule is C=[N+](CCCOc1c(N)cc(C(F)(F)F)cc1NC(=O)C(N)=CC(=NN)C(=O)Nc1cc(C(F)(F)F)cc(N)c1OC1CCN(C(=O)OC(C)(C)C)C1)C(=O)OC(C)(C)C. The van der Waals surface area contributed by atoms with Gasteiger partial charge in [-0.05, 0) is 71.9 Å². The van der Waals surface area contributed by atoms with Gasteiger partial charge in [-0.3, -0.25) is 9.59 Å². The number of anilines is 4. The van der Waals surface area contributed by atoms with E-state index in [2.05, 4.69) is 22.5 Å². The lowest BCUT2D eigenvalue weighted by atomic mass is 10.1. The number of nitrogen functional groups attached to an aromatic ring is 2. The minimum absolute atomic E-state index is 0.00983. The molecule has 3 rings (SSSR count). The van der Waals surface area contributed by atoms with E-state index in [0.717, 1.165) is 4.58 Å². The maximum absolute atomic E-state index is 13.8. The smallest absolute Gasteiger partial charge is 0.489 e. The monoisotopic (exact) mass is 860 g/mol. The van der Waals surface area contributed by atoms with Gasteiger partial charge in [0.05, 0.1) is 47.0 Å². The number of benzene rings is 2. The van der Waals surface area contributed by atoms with Gasteiger partial charge in [-0.1, -0.05) is 0 Å². The first-order valence-electron chi connectivity index (χ1n) is 18.0. The second kappa shape index (κ2) is 18.7. The Morgan fingerprint density at radius 1 is 0.867 bits per heavy atom. The second-order valence-corrected chi connectivity index (χ2v) is 15.3. The first kappa shape index (κ1) is 48.0. The van der Waals surface area contributed by atoms with Crippen molar-refractivity contribution in [3.63, 3.8) is 0 Å². The Hall–Kier alpha value is -6.42. The Morgan fingerprint density at radius 2 is 1.38 bits per heavy atom. The average Bonchev–Trinajstić information content (AvgIpc) is 3.57. The molecule has 1 atom stereocenters. The van der Waals surface area contributed by atoms with Crippen molar-refractivity contribution in [3.05, 3.63) is 47.2 Å². The Morgan fingerprint density at radius 3 is 1.90 bits per heavy atom. The first-order chi connectivity index (χ1) is 27.5. The van der Waals surface area contributed by atoms with E-state index in [1.165, 1.54) is 4.90 Å². The van der Waals surface area contributed by atoms with Crippen LogP contribution in [-0.2, 0) is 31.4 Å². The largest absolute Gasteiger partial charge is 0.596 e. The number of carbonyl (C=O) groups excluding carboxylic acids is 4. The maximum atomic E-state index is 13.8. The predicted molar refractivity (Wildman–Crippen MR) is 208 cm³/mol. The van der Waals surface area contributed by atoms with Gasteiger partial charge in [0.2, 0.25) is 0 Å². The fourth-order valence-electron chi connectivity index (χ4n) is 5.19. The van der Waals surface area contributed by atoms with Gasteiger partial charge in [-0.25, -0.2) is 4.79 Å². The summed E-state index contributed by atoms with van der Waals surface area (Å²) in [6.07, 6.45) is -11.2. The van der Waals surface area contributed by atoms with E-state index in [1.807, 2.05) is 0 Å². The lowest BCUT2D eigenvalue weighted by molar-refractivity contribution is -0.443. The summed E-state index contributed by atoms with van der Waals surface area (Å²) < 4.78 is 106. The summed E-state index contributed by atoms with van der Waals surface area (Å²) in [5.41, 5.74) is 9.55. The van der Waals surface area contributed by atoms with Crippen molar-refractivity contribution in [1.29, 1.82) is 0 Å². The minimum atomic E-state index is -4.94. The number of likely N-dealkylation sites (tertiary alicyclic amines) is 1. The summed E-state index contributed by atoms with van der Waals surface area (Å²) in [5, 5.41) is 7.53. The molecule has 23 heteroatoms. The third-order valence-electron chi connectivity index (χ3n) is 7.86. The van der Waals surface area contributed by atoms with Crippen molar-refractivity contribution in [3.8, 4) is 11.5 Å². The number of ether oxygens (including phenoxy) is 4. The second-order valence-electron chi connectivity index (χ2n) is 15.3. The van der Waals surface area contributed by atoms with Gasteiger partial charge < -0.3 is 57.5 Å². The molecule has 0 bridgehead atoms. The zero-order valence-corrected chi connectivity index (χ0v) is 33.6. The molecule has 330 valence electrons. The summed E-state index contributed by atoms with van der Waals surface area (Å²) in [4.78, 5) is 52.6. The summed E-state index contributed by atoms with van der Waals surface area (Å²) in [6, 6.07) is 2.16. The predicted octanol–water partition coefficient (Wildman–Crippen LogP) is 5.43. The van der Waals surface area contributed by atoms with Crippen LogP contribution in [0.25, 0.3) is 0 Å². The van der Waals surface area contributed by atoms with Gasteiger partial charge in [-0.15, -0.1) is 4.58 Å². The summed E-state index contributed by atoms with van der Waals surface area (Å²) >= 11 is 0. The number of hydrogen-bond acceptors (Lipinski definition) is 13. The third-order valence-corrected chi connectivity index (χ3v) is 7.86. The lowest BCUT2D eigenvalue weighted by Gasteiger charge is -2.24. The number of hydrogen-bond donors (Lipinski definition) is 6. The highest BCUT2D eigenvalue weighted by molar-refractivity contribution is 6.47. The number of alkyl halides is 6. The molecule has 0 aliphatic carbocycles. The fourth-order valence-corrected chi connectivity index (χ4v) is 5.19. The molecule has 0 spiro atoms. The molecule has 1 aliphatic rings. The first-order valence-corrected chi connectivity index (χ1v) is 18.0. The number of hydrazone groups is 1. The summed E-state index contributed by atoms with van der Waals surface area (Å²) in [5.74, 6) is 1.93. The zero-order chi connectivity index (χ0) is 45.5. The molecule has 60 heavy (non-hydrogen) atoms. The molecule has 1 heterocycles. The van der Waals surface area contributed by atoms with Gasteiger partial charge in [-0.2, -0.15) is 36.2 Å². The van der Waals surface area contributed by atoms with E-state index in [-0.39, 0.29) is 39.1 Å². The molecule has 2 aromatic rings. The highest BCUT2D eigenvalue weighted by Gasteiger charge is 2.36. The molecule has 0 radical (unpaired) electrons. The molecular weight excluding hydrogens is 812 g/mol. The van der Waals surface area contributed by atoms with Crippen molar-refractivity contribution >= 4 is 59.2 Å². The Labute approximate surface area is 340 Å². The molecule has 1 fully saturated rings. The van der Waals surface area contributed by atoms with E-state index in [9.17, 15) is 45.5 Å². The van der Waals surface area contributed by atoms with Crippen LogP contribution >= 0.6 is 0 Å². The highest BCUT2D eigenvalue weighted by Crippen LogP contribution is 2.41. The average molecular weight is 861 g/mol. The maximum Gasteiger partial charge on any atom is 0.596 e. The molecule has 17 nitrogen and oxygen atoms in total. The lowest BCUT2D eigenvalue weighted by Crippen LogP contribution is -2.36. The number of nitrogens with zero attached hydrogens (tertiary/aromatic N) is 3. The van der Waals surface area contributed by atoms with E-state index < -0.39 is 110 Å². The topological polar surface area (TPSA) is 252 Å². The Bertz CT molecular complexity index is 2040. The molecule has 1 saturated heterocycles. The van der Waals surface area contributed by atoms with Gasteiger partial charge in [0.25, 0.3) is 11.8 Å². The summed E-state index contributed by atoms with van der Waals surface area (Å²) in [6.45, 7) is 13.4. The van der Waals surface area contributed by atoms with Crippen LogP contribution in [0.5, 0.6) is 11.5 Å². The van der Waals surface area contributed by atoms with Crippen LogP contribution in [0.15, 0.2) is 41.1 Å². The molecule has 1 unspecified atom stereocenters. The standard InChI is InChI=1S/C37H47F6N9O8/c1-34(2,3)59-32(55)51(7)10-8-12-57-28-22(44)13-19(36(38,39)40)15-25(28)48-30(53)24(46)17-27(50-47)31(54)49-26-16-20(37(41,42)43)14-23(45)29(26)58-21-9-11-52(18-21)33(56)60-35(4,5)6/h13-17,21H,7-12,18,44-45H2,1-6H3,(H5-,46,47,48,49,50,53,54)/p+1. The van der Waals surface area contributed by atoms with Crippen LogP contribution in [-0.4, -0.2) is 89.5 Å². The molecule has 0 aromatic heterocycles. The molecule has 2 aromatic carbocycles. The van der Waals surface area contributed by atoms with Crippen LogP contribution in [0, 0.1) is 0 Å². The van der Waals surface area contributed by atoms with Crippen LogP contribution in [0.3, 0.4) is 0 Å². The van der Waals surface area contributed by atoms with E-state index >= 15 is 0 Å². The molecule has 1 aliphatic heterocycles. The van der Waals surface area contributed by atoms with Gasteiger partial charge in [0.15, 0.2) is 18.0 Å². The van der Waals surface area contributed by atoms with Gasteiger partial charge >= 0.3 is 24.5 Å². The van der Waals surface area contributed by atoms with Crippen molar-refractivity contribution < 1.29 is 69.0 Å². The number of nitrogens with one attached hydrogen (secondary N) is 2. The van der Waals surface area contributed by atoms with E-state index in [4.69, 9.17) is 42.0 Å². The van der Waals surface area contributed by atoms with Crippen LogP contribution < -0.4 is 43.2 Å². The zero-order valence-electron chi connectivity index (χ0n) is 33.6. The molecule has 0 saturated carbocycles. The molecule has 4 amide bonds. The van der Waals surface area contributed by atoms with Crippen molar-refractivity contribution in [2.75, 3.05) is 48.3 Å². The van der Waals surface area contributed by atoms with Crippen LogP contribution in [0.4, 0.5) is 58.7 Å². The molecule has 10 N–H and O–H groups in total. The highest BCUT2D eigenvalue weighted by atomic mass is 19.4. The van der Waals surface area contributed by atoms with E-state index in [0.29, 0.717) is 30.3 Å². The van der Waals surface area contributed by atoms with E-state index in [1.54, 1.807) is 41.5 Å². The van der Waals surface area contributed by atoms with Gasteiger partial charge in [0, 0.05) is 19.4 Å². The Kier molecular flexibility index (Phi) is 14.9. The quantitative estimate of drug-likeness (QED) is 0.0229. The number of amides is 4. The van der Waals surface area contributed by atoms with Gasteiger partial charge in [0.1, 0.15) is 35.4 Å². The normalized spacial score (nSPS) is 15.3. The molecular formula is C37H48F6N9O8+. The van der Waals surface area contributed by atoms with Crippen LogP contribution in [0.2, 0.25) is 0 Å². The van der Waals surface area contributed by atoms with Crippen molar-refractivity contribution in [2.45, 2.75) is 84.0 Å². The van der Waals surface area contributed by atoms with Crippen LogP contribution in [0.1, 0.15) is 65.5 Å². The van der Waals surface area contributed by atoms with Crippen molar-refractivity contribution in [1.82, 2.24) is 4.90 Å². The third kappa shape index (κ3) is 13.9. The minimum Gasteiger partial charge on any atom is -0.489 e. The number of nitrogens with two attached hydrogens (primary N) is 4. The Balaban J connectivity index is 1.84. The van der Waals surface area contributed by atoms with Crippen molar-refractivity contribution in [2.24, 2.45) is 16.7 Å². The number of carbonyl (C=O) groups is 4. The summed E-state index contributed by atoms with van der Waals surface area (Å²) in [7, 11) is 0. The number of halogens is 6. The fraction of sp³-hybridized carbons (Fsp3) is 0.459. The number of rotatable bonds is 12.